The van der Waals surface area contributed by atoms with E-state index in [-0.39, 0.29) is 0 Å². The molecule has 2 N–H and O–H groups in total. The lowest BCUT2D eigenvalue weighted by molar-refractivity contribution is 0.122. The molecule has 2 aromatic rings. The first-order valence-corrected chi connectivity index (χ1v) is 8.42. The predicted molar refractivity (Wildman–Crippen MR) is 100 cm³/mol. The van der Waals surface area contributed by atoms with Crippen molar-refractivity contribution in [1.82, 2.24) is 15.0 Å². The molecule has 3 rings (SSSR count). The lowest BCUT2D eigenvalue weighted by Gasteiger charge is -2.26. The molecule has 1 fully saturated rings. The average Bonchev–Trinajstić information content (AvgIpc) is 2.64. The van der Waals surface area contributed by atoms with Gasteiger partial charge in [-0.15, -0.1) is 0 Å². The van der Waals surface area contributed by atoms with Gasteiger partial charge in [0.05, 0.1) is 24.5 Å². The van der Waals surface area contributed by atoms with Crippen LogP contribution >= 0.6 is 23.2 Å². The van der Waals surface area contributed by atoms with Crippen LogP contribution in [0.15, 0.2) is 23.3 Å². The third-order valence-electron chi connectivity index (χ3n) is 3.47. The highest BCUT2D eigenvalue weighted by molar-refractivity contribution is 6.36. The molecule has 0 amide bonds. The Morgan fingerprint density at radius 1 is 1.16 bits per heavy atom. The molecule has 1 saturated heterocycles. The van der Waals surface area contributed by atoms with Gasteiger partial charge in [0.15, 0.2) is 0 Å². The summed E-state index contributed by atoms with van der Waals surface area (Å²) < 4.78 is 5.35. The zero-order valence-electron chi connectivity index (χ0n) is 13.5. The van der Waals surface area contributed by atoms with Gasteiger partial charge in [-0.3, -0.25) is 0 Å². The number of hydrazone groups is 1. The second-order valence-electron chi connectivity index (χ2n) is 5.17. The monoisotopic (exact) mass is 381 g/mol. The van der Waals surface area contributed by atoms with Crippen LogP contribution in [0, 0.1) is 0 Å². The van der Waals surface area contributed by atoms with Crippen LogP contribution in [0.2, 0.25) is 10.0 Å². The minimum absolute atomic E-state index is 0.335. The quantitative estimate of drug-likeness (QED) is 0.607. The Morgan fingerprint density at radius 3 is 2.64 bits per heavy atom. The van der Waals surface area contributed by atoms with Crippen LogP contribution in [0.3, 0.4) is 0 Å². The molecule has 0 atom stereocenters. The van der Waals surface area contributed by atoms with E-state index in [1.807, 2.05) is 4.90 Å². The van der Waals surface area contributed by atoms with Crippen molar-refractivity contribution in [3.8, 4) is 0 Å². The molecule has 0 bridgehead atoms. The normalized spacial score (nSPS) is 14.8. The van der Waals surface area contributed by atoms with E-state index < -0.39 is 0 Å². The molecule has 10 heteroatoms. The summed E-state index contributed by atoms with van der Waals surface area (Å²) in [7, 11) is 1.75. The van der Waals surface area contributed by atoms with E-state index in [9.17, 15) is 0 Å². The first-order chi connectivity index (χ1) is 12.2. The number of morpholine rings is 1. The third-order valence-corrected chi connectivity index (χ3v) is 4.03. The van der Waals surface area contributed by atoms with Crippen LogP contribution in [0.4, 0.5) is 17.8 Å². The molecule has 0 spiro atoms. The first kappa shape index (κ1) is 17.7. The Bertz CT molecular complexity index is 766. The lowest BCUT2D eigenvalue weighted by atomic mass is 10.2. The minimum atomic E-state index is 0.335. The molecule has 1 aliphatic rings. The molecule has 1 aromatic heterocycles. The van der Waals surface area contributed by atoms with Crippen molar-refractivity contribution in [3.63, 3.8) is 0 Å². The van der Waals surface area contributed by atoms with Crippen molar-refractivity contribution >= 4 is 47.3 Å². The summed E-state index contributed by atoms with van der Waals surface area (Å²) >= 11 is 12.0. The fourth-order valence-electron chi connectivity index (χ4n) is 2.20. The van der Waals surface area contributed by atoms with E-state index in [4.69, 9.17) is 27.9 Å². The van der Waals surface area contributed by atoms with Crippen molar-refractivity contribution < 1.29 is 4.74 Å². The summed E-state index contributed by atoms with van der Waals surface area (Å²) in [6, 6.07) is 5.18. The van der Waals surface area contributed by atoms with E-state index >= 15 is 0 Å². The Labute approximate surface area is 155 Å². The lowest BCUT2D eigenvalue weighted by Crippen LogP contribution is -2.37. The van der Waals surface area contributed by atoms with Gasteiger partial charge in [0.2, 0.25) is 17.8 Å². The number of hydrogen-bond donors (Lipinski definition) is 2. The van der Waals surface area contributed by atoms with Gasteiger partial charge in [-0.25, -0.2) is 5.43 Å². The zero-order chi connectivity index (χ0) is 17.6. The largest absolute Gasteiger partial charge is 0.378 e. The van der Waals surface area contributed by atoms with E-state index in [2.05, 4.69) is 30.8 Å². The fourth-order valence-corrected chi connectivity index (χ4v) is 2.65. The van der Waals surface area contributed by atoms with Crippen molar-refractivity contribution in [3.05, 3.63) is 33.8 Å². The third kappa shape index (κ3) is 4.68. The molecular weight excluding hydrogens is 365 g/mol. The van der Waals surface area contributed by atoms with Gasteiger partial charge in [0.1, 0.15) is 0 Å². The minimum Gasteiger partial charge on any atom is -0.378 e. The molecule has 0 aliphatic carbocycles. The molecular formula is C15H17Cl2N7O. The van der Waals surface area contributed by atoms with Gasteiger partial charge in [-0.2, -0.15) is 20.1 Å². The average molecular weight is 382 g/mol. The van der Waals surface area contributed by atoms with Crippen molar-refractivity contribution in [2.75, 3.05) is 49.0 Å². The number of rotatable bonds is 5. The van der Waals surface area contributed by atoms with E-state index in [1.165, 1.54) is 0 Å². The van der Waals surface area contributed by atoms with Crippen molar-refractivity contribution in [1.29, 1.82) is 0 Å². The number of nitrogens with one attached hydrogen (secondary N) is 2. The van der Waals surface area contributed by atoms with Crippen molar-refractivity contribution in [2.24, 2.45) is 5.10 Å². The molecule has 1 aliphatic heterocycles. The highest BCUT2D eigenvalue weighted by atomic mass is 35.5. The molecule has 2 heterocycles. The Morgan fingerprint density at radius 2 is 1.92 bits per heavy atom. The zero-order valence-corrected chi connectivity index (χ0v) is 15.0. The van der Waals surface area contributed by atoms with Gasteiger partial charge in [-0.05, 0) is 12.1 Å². The van der Waals surface area contributed by atoms with Gasteiger partial charge < -0.3 is 15.0 Å². The molecule has 1 aromatic carbocycles. The molecule has 8 nitrogen and oxygen atoms in total. The fraction of sp³-hybridized carbons (Fsp3) is 0.333. The highest BCUT2D eigenvalue weighted by Gasteiger charge is 2.16. The Kier molecular flexibility index (Phi) is 5.85. The summed E-state index contributed by atoms with van der Waals surface area (Å²) in [6.45, 7) is 2.76. The number of benzene rings is 1. The maximum Gasteiger partial charge on any atom is 0.250 e. The maximum atomic E-state index is 6.11. The van der Waals surface area contributed by atoms with Crippen LogP contribution < -0.4 is 15.6 Å². The Balaban J connectivity index is 1.75. The highest BCUT2D eigenvalue weighted by Crippen LogP contribution is 2.19. The van der Waals surface area contributed by atoms with Crippen LogP contribution in [0.5, 0.6) is 0 Å². The van der Waals surface area contributed by atoms with Gasteiger partial charge >= 0.3 is 0 Å². The van der Waals surface area contributed by atoms with Crippen LogP contribution in [0.1, 0.15) is 5.56 Å². The number of aromatic nitrogens is 3. The standard InChI is InChI=1S/C15H17Cl2N7O/c1-18-13-20-14(22-15(21-13)24-4-6-25-7-5-24)23-19-9-10-2-3-11(16)8-12(10)17/h2-3,8-9H,4-7H2,1H3,(H2,18,20,21,22,23)/b19-9+. The molecule has 0 saturated carbocycles. The number of ether oxygens (including phenoxy) is 1. The maximum absolute atomic E-state index is 6.11. The Hall–Kier alpha value is -2.16. The van der Waals surface area contributed by atoms with E-state index in [1.54, 1.807) is 31.5 Å². The SMILES string of the molecule is CNc1nc(N/N=C/c2ccc(Cl)cc2Cl)nc(N2CCOCC2)n1. The number of halogens is 2. The molecule has 0 unspecified atom stereocenters. The molecule has 0 radical (unpaired) electrons. The van der Waals surface area contributed by atoms with Crippen LogP contribution in [-0.2, 0) is 4.74 Å². The van der Waals surface area contributed by atoms with Crippen molar-refractivity contribution in [2.45, 2.75) is 0 Å². The van der Waals surface area contributed by atoms with Crippen LogP contribution in [-0.4, -0.2) is 54.5 Å². The van der Waals surface area contributed by atoms with Crippen LogP contribution in [0.25, 0.3) is 0 Å². The second-order valence-corrected chi connectivity index (χ2v) is 6.01. The first-order valence-electron chi connectivity index (χ1n) is 7.66. The topological polar surface area (TPSA) is 87.6 Å². The van der Waals surface area contributed by atoms with Gasteiger partial charge in [-0.1, -0.05) is 29.3 Å². The molecule has 25 heavy (non-hydrogen) atoms. The summed E-state index contributed by atoms with van der Waals surface area (Å²) in [6.07, 6.45) is 1.58. The summed E-state index contributed by atoms with van der Waals surface area (Å²) in [5.41, 5.74) is 3.54. The van der Waals surface area contributed by atoms with E-state index in [0.717, 1.165) is 18.7 Å². The second kappa shape index (κ2) is 8.28. The smallest absolute Gasteiger partial charge is 0.250 e. The van der Waals surface area contributed by atoms with E-state index in [0.29, 0.717) is 41.1 Å². The predicted octanol–water partition coefficient (Wildman–Crippen LogP) is 2.50. The molecule has 132 valence electrons. The number of anilines is 3. The number of nitrogens with zero attached hydrogens (tertiary/aromatic N) is 5. The summed E-state index contributed by atoms with van der Waals surface area (Å²) in [5, 5.41) is 8.14. The van der Waals surface area contributed by atoms with Gasteiger partial charge in [0, 0.05) is 30.7 Å². The summed E-state index contributed by atoms with van der Waals surface area (Å²) in [5.74, 6) is 1.37. The number of hydrogen-bond acceptors (Lipinski definition) is 8. The van der Waals surface area contributed by atoms with Gasteiger partial charge in [0.25, 0.3) is 0 Å². The summed E-state index contributed by atoms with van der Waals surface area (Å²) in [4.78, 5) is 15.1.